The number of benzene rings is 1. The minimum Gasteiger partial charge on any atom is -0.489 e. The van der Waals surface area contributed by atoms with E-state index in [4.69, 9.17) is 10.5 Å². The van der Waals surface area contributed by atoms with Gasteiger partial charge in [-0.15, -0.1) is 24.0 Å². The fraction of sp³-hybridized carbons (Fsp3) is 0.400. The van der Waals surface area contributed by atoms with Crippen molar-refractivity contribution < 1.29 is 4.74 Å². The number of guanidine groups is 1. The van der Waals surface area contributed by atoms with E-state index in [0.717, 1.165) is 11.3 Å². The maximum atomic E-state index is 5.76. The first-order valence-electron chi connectivity index (χ1n) is 6.39. The Kier molecular flexibility index (Phi) is 9.03. The lowest BCUT2D eigenvalue weighted by Crippen LogP contribution is -2.33. The molecule has 0 spiro atoms. The van der Waals surface area contributed by atoms with Crippen LogP contribution in [0.2, 0.25) is 0 Å². The highest BCUT2D eigenvalue weighted by atomic mass is 127. The quantitative estimate of drug-likeness (QED) is 0.341. The summed E-state index contributed by atoms with van der Waals surface area (Å²) < 4.78 is 5.76. The second-order valence-corrected chi connectivity index (χ2v) is 4.78. The Labute approximate surface area is 138 Å². The molecule has 0 heterocycles. The number of halogens is 1. The average molecular weight is 389 g/mol. The molecule has 4 nitrogen and oxygen atoms in total. The van der Waals surface area contributed by atoms with Crippen molar-refractivity contribution in [2.45, 2.75) is 26.9 Å². The van der Waals surface area contributed by atoms with Crippen molar-refractivity contribution in [2.24, 2.45) is 10.7 Å². The topological polar surface area (TPSA) is 59.6 Å². The van der Waals surface area contributed by atoms with E-state index in [1.54, 1.807) is 0 Å². The van der Waals surface area contributed by atoms with Crippen LogP contribution in [0.25, 0.3) is 0 Å². The van der Waals surface area contributed by atoms with Gasteiger partial charge in [0.05, 0.1) is 6.54 Å². The van der Waals surface area contributed by atoms with Gasteiger partial charge < -0.3 is 15.8 Å². The number of rotatable bonds is 6. The molecule has 0 saturated carbocycles. The highest BCUT2D eigenvalue weighted by molar-refractivity contribution is 14.0. The van der Waals surface area contributed by atoms with Crippen molar-refractivity contribution in [3.8, 4) is 5.75 Å². The van der Waals surface area contributed by atoms with Gasteiger partial charge in [0, 0.05) is 6.54 Å². The third kappa shape index (κ3) is 8.04. The molecule has 0 aromatic heterocycles. The van der Waals surface area contributed by atoms with Gasteiger partial charge in [-0.25, -0.2) is 4.99 Å². The number of nitrogens with zero attached hydrogens (tertiary/aromatic N) is 1. The monoisotopic (exact) mass is 389 g/mol. The van der Waals surface area contributed by atoms with Gasteiger partial charge in [-0.3, -0.25) is 0 Å². The predicted molar refractivity (Wildman–Crippen MR) is 96.0 cm³/mol. The zero-order valence-corrected chi connectivity index (χ0v) is 14.7. The molecule has 5 heteroatoms. The van der Waals surface area contributed by atoms with Crippen molar-refractivity contribution in [1.82, 2.24) is 5.32 Å². The number of nitrogens with one attached hydrogen (secondary N) is 1. The van der Waals surface area contributed by atoms with Crippen LogP contribution in [0.15, 0.2) is 41.4 Å². The van der Waals surface area contributed by atoms with Crippen LogP contribution in [0.3, 0.4) is 0 Å². The molecule has 0 saturated heterocycles. The largest absolute Gasteiger partial charge is 0.489 e. The van der Waals surface area contributed by atoms with Gasteiger partial charge in [0.2, 0.25) is 0 Å². The molecular formula is C15H24IN3O. The molecule has 1 aromatic carbocycles. The van der Waals surface area contributed by atoms with E-state index in [1.165, 1.54) is 5.56 Å². The number of hydrogen-bond donors (Lipinski definition) is 2. The highest BCUT2D eigenvalue weighted by Gasteiger charge is 2.03. The van der Waals surface area contributed by atoms with Crippen molar-refractivity contribution in [3.63, 3.8) is 0 Å². The Balaban J connectivity index is 0.00000361. The average Bonchev–Trinajstić information content (AvgIpc) is 2.34. The predicted octanol–water partition coefficient (Wildman–Crippen LogP) is 2.86. The molecule has 3 N–H and O–H groups in total. The standard InChI is InChI=1S/C15H23N3O.HI/c1-11(2)9-17-15(16)18-10-13(4)19-14-7-5-6-12(3)8-14;/h5-8,13H,1,9-10H2,2-4H3,(H3,16,17,18);1H. The molecule has 20 heavy (non-hydrogen) atoms. The zero-order chi connectivity index (χ0) is 14.3. The van der Waals surface area contributed by atoms with E-state index >= 15 is 0 Å². The zero-order valence-electron chi connectivity index (χ0n) is 12.3. The van der Waals surface area contributed by atoms with E-state index in [9.17, 15) is 0 Å². The Hall–Kier alpha value is -1.24. The first kappa shape index (κ1) is 18.8. The van der Waals surface area contributed by atoms with E-state index in [2.05, 4.69) is 16.9 Å². The van der Waals surface area contributed by atoms with E-state index in [0.29, 0.717) is 19.0 Å². The lowest BCUT2D eigenvalue weighted by atomic mass is 10.2. The summed E-state index contributed by atoms with van der Waals surface area (Å²) in [6, 6.07) is 7.96. The fourth-order valence-electron chi connectivity index (χ4n) is 1.48. The van der Waals surface area contributed by atoms with Crippen LogP contribution in [0, 0.1) is 6.92 Å². The van der Waals surface area contributed by atoms with Crippen molar-refractivity contribution in [2.75, 3.05) is 13.1 Å². The van der Waals surface area contributed by atoms with Crippen LogP contribution in [-0.4, -0.2) is 25.2 Å². The smallest absolute Gasteiger partial charge is 0.188 e. The number of hydrogen-bond acceptors (Lipinski definition) is 2. The SMILES string of the molecule is C=C(C)CNC(N)=NCC(C)Oc1cccc(C)c1.I. The number of ether oxygens (including phenoxy) is 1. The maximum Gasteiger partial charge on any atom is 0.188 e. The molecule has 0 amide bonds. The first-order valence-corrected chi connectivity index (χ1v) is 6.39. The van der Waals surface area contributed by atoms with E-state index in [1.807, 2.05) is 45.0 Å². The van der Waals surface area contributed by atoms with Gasteiger partial charge in [-0.05, 0) is 38.5 Å². The second-order valence-electron chi connectivity index (χ2n) is 4.78. The van der Waals surface area contributed by atoms with Crippen LogP contribution < -0.4 is 15.8 Å². The third-order valence-corrected chi connectivity index (χ3v) is 2.42. The highest BCUT2D eigenvalue weighted by Crippen LogP contribution is 2.14. The van der Waals surface area contributed by atoms with Crippen LogP contribution in [0.4, 0.5) is 0 Å². The summed E-state index contributed by atoms with van der Waals surface area (Å²) in [7, 11) is 0. The minimum absolute atomic E-state index is 0. The molecule has 112 valence electrons. The number of aliphatic imine (C=N–C) groups is 1. The summed E-state index contributed by atoms with van der Waals surface area (Å²) >= 11 is 0. The molecule has 1 unspecified atom stereocenters. The summed E-state index contributed by atoms with van der Waals surface area (Å²) in [6.45, 7) is 10.9. The number of nitrogens with two attached hydrogens (primary N) is 1. The molecule has 1 rings (SSSR count). The summed E-state index contributed by atoms with van der Waals surface area (Å²) in [6.07, 6.45) is -0.0213. The molecular weight excluding hydrogens is 365 g/mol. The Bertz CT molecular complexity index is 460. The Morgan fingerprint density at radius 2 is 2.20 bits per heavy atom. The van der Waals surface area contributed by atoms with Crippen molar-refractivity contribution in [1.29, 1.82) is 0 Å². The molecule has 0 aliphatic heterocycles. The van der Waals surface area contributed by atoms with Gasteiger partial charge in [-0.1, -0.05) is 24.3 Å². The number of aryl methyl sites for hydroxylation is 1. The van der Waals surface area contributed by atoms with Gasteiger partial charge in [-0.2, -0.15) is 0 Å². The second kappa shape index (κ2) is 9.63. The van der Waals surface area contributed by atoms with E-state index < -0.39 is 0 Å². The molecule has 1 atom stereocenters. The molecule has 0 aliphatic rings. The summed E-state index contributed by atoms with van der Waals surface area (Å²) in [5.41, 5.74) is 7.92. The van der Waals surface area contributed by atoms with Crippen LogP contribution in [0.1, 0.15) is 19.4 Å². The summed E-state index contributed by atoms with van der Waals surface area (Å²) in [5, 5.41) is 2.98. The fourth-order valence-corrected chi connectivity index (χ4v) is 1.48. The normalized spacial score (nSPS) is 12.2. The van der Waals surface area contributed by atoms with Crippen LogP contribution >= 0.6 is 24.0 Å². The summed E-state index contributed by atoms with van der Waals surface area (Å²) in [5.74, 6) is 1.28. The Morgan fingerprint density at radius 1 is 1.50 bits per heavy atom. The van der Waals surface area contributed by atoms with Crippen molar-refractivity contribution >= 4 is 29.9 Å². The van der Waals surface area contributed by atoms with Gasteiger partial charge in [0.25, 0.3) is 0 Å². The lowest BCUT2D eigenvalue weighted by Gasteiger charge is -2.13. The lowest BCUT2D eigenvalue weighted by molar-refractivity contribution is 0.230. The van der Waals surface area contributed by atoms with Gasteiger partial charge in [0.1, 0.15) is 11.9 Å². The molecule has 0 aliphatic carbocycles. The molecule has 0 fully saturated rings. The molecule has 0 radical (unpaired) electrons. The minimum atomic E-state index is -0.0213. The van der Waals surface area contributed by atoms with Crippen LogP contribution in [0.5, 0.6) is 5.75 Å². The maximum absolute atomic E-state index is 5.76. The van der Waals surface area contributed by atoms with Crippen molar-refractivity contribution in [3.05, 3.63) is 42.0 Å². The van der Waals surface area contributed by atoms with Gasteiger partial charge in [0.15, 0.2) is 5.96 Å². The first-order chi connectivity index (χ1) is 8.97. The molecule has 0 bridgehead atoms. The third-order valence-electron chi connectivity index (χ3n) is 2.42. The summed E-state index contributed by atoms with van der Waals surface area (Å²) in [4.78, 5) is 4.23. The van der Waals surface area contributed by atoms with Gasteiger partial charge >= 0.3 is 0 Å². The van der Waals surface area contributed by atoms with Crippen LogP contribution in [-0.2, 0) is 0 Å². The van der Waals surface area contributed by atoms with E-state index in [-0.39, 0.29) is 30.1 Å². The Morgan fingerprint density at radius 3 is 2.80 bits per heavy atom. The molecule has 1 aromatic rings.